The maximum atomic E-state index is 12.2. The van der Waals surface area contributed by atoms with Crippen LogP contribution in [0.1, 0.15) is 46.5 Å². The summed E-state index contributed by atoms with van der Waals surface area (Å²) in [6, 6.07) is 0. The Bertz CT molecular complexity index is 382. The number of unbranched alkanes of at least 4 members (excludes halogenated alkanes) is 1. The lowest BCUT2D eigenvalue weighted by molar-refractivity contribution is -0.131. The van der Waals surface area contributed by atoms with E-state index in [-0.39, 0.29) is 29.9 Å². The monoisotopic (exact) mass is 467 g/mol. The van der Waals surface area contributed by atoms with Crippen molar-refractivity contribution in [1.82, 2.24) is 20.0 Å². The highest BCUT2D eigenvalue weighted by Crippen LogP contribution is 2.08. The van der Waals surface area contributed by atoms with Gasteiger partial charge in [-0.3, -0.25) is 9.79 Å². The summed E-state index contributed by atoms with van der Waals surface area (Å²) < 4.78 is 0. The molecular weight excluding hydrogens is 429 g/mol. The van der Waals surface area contributed by atoms with E-state index >= 15 is 0 Å². The van der Waals surface area contributed by atoms with Gasteiger partial charge in [-0.1, -0.05) is 0 Å². The van der Waals surface area contributed by atoms with Gasteiger partial charge < -0.3 is 20.0 Å². The SMILES string of the molecule is CCNC(=NCCCCN1CCCC1)N(C)CC(=O)N(CC)CC.I. The van der Waals surface area contributed by atoms with E-state index in [2.05, 4.69) is 22.1 Å². The molecule has 0 aliphatic carbocycles. The fourth-order valence-electron chi connectivity index (χ4n) is 3.06. The summed E-state index contributed by atoms with van der Waals surface area (Å²) in [6.07, 6.45) is 5.01. The third-order valence-corrected chi connectivity index (χ3v) is 4.53. The molecule has 1 N–H and O–H groups in total. The first kappa shape index (κ1) is 24.4. The van der Waals surface area contributed by atoms with E-state index in [1.807, 2.05) is 30.7 Å². The van der Waals surface area contributed by atoms with Crippen LogP contribution in [0, 0.1) is 0 Å². The van der Waals surface area contributed by atoms with E-state index in [4.69, 9.17) is 0 Å². The summed E-state index contributed by atoms with van der Waals surface area (Å²) in [4.78, 5) is 23.3. The highest BCUT2D eigenvalue weighted by molar-refractivity contribution is 14.0. The summed E-state index contributed by atoms with van der Waals surface area (Å²) in [5.41, 5.74) is 0. The molecule has 1 aliphatic rings. The fourth-order valence-corrected chi connectivity index (χ4v) is 3.06. The number of carbonyl (C=O) groups excluding carboxylic acids is 1. The minimum Gasteiger partial charge on any atom is -0.357 e. The second-order valence-electron chi connectivity index (χ2n) is 6.41. The van der Waals surface area contributed by atoms with Crippen LogP contribution in [0.15, 0.2) is 4.99 Å². The molecule has 0 saturated carbocycles. The molecule has 0 aromatic carbocycles. The lowest BCUT2D eigenvalue weighted by atomic mass is 10.3. The van der Waals surface area contributed by atoms with Crippen LogP contribution in [0.3, 0.4) is 0 Å². The standard InChI is InChI=1S/C18H37N5O.HI/c1-5-19-18(21(4)16-17(24)23(6-2)7-3)20-12-8-9-13-22-14-10-11-15-22;/h5-16H2,1-4H3,(H,19,20);1H. The van der Waals surface area contributed by atoms with Crippen molar-refractivity contribution in [3.05, 3.63) is 0 Å². The third-order valence-electron chi connectivity index (χ3n) is 4.53. The van der Waals surface area contributed by atoms with E-state index in [9.17, 15) is 4.79 Å². The molecule has 6 nitrogen and oxygen atoms in total. The Kier molecular flexibility index (Phi) is 14.3. The predicted molar refractivity (Wildman–Crippen MR) is 117 cm³/mol. The third kappa shape index (κ3) is 9.63. The van der Waals surface area contributed by atoms with Crippen LogP contribution in [-0.4, -0.2) is 86.0 Å². The topological polar surface area (TPSA) is 51.2 Å². The molecule has 1 heterocycles. The summed E-state index contributed by atoms with van der Waals surface area (Å²) in [7, 11) is 1.94. The van der Waals surface area contributed by atoms with Crippen molar-refractivity contribution in [1.29, 1.82) is 0 Å². The van der Waals surface area contributed by atoms with Gasteiger partial charge in [-0.15, -0.1) is 24.0 Å². The molecule has 1 rings (SSSR count). The number of guanidine groups is 1. The second-order valence-corrected chi connectivity index (χ2v) is 6.41. The molecule has 0 atom stereocenters. The van der Waals surface area contributed by atoms with Gasteiger partial charge in [0, 0.05) is 33.2 Å². The molecule has 0 bridgehead atoms. The van der Waals surface area contributed by atoms with Crippen molar-refractivity contribution in [3.63, 3.8) is 0 Å². The Morgan fingerprint density at radius 2 is 1.76 bits per heavy atom. The molecule has 0 spiro atoms. The molecular formula is C18H38IN5O. The number of hydrogen-bond donors (Lipinski definition) is 1. The smallest absolute Gasteiger partial charge is 0.242 e. The first-order valence-corrected chi connectivity index (χ1v) is 9.61. The largest absolute Gasteiger partial charge is 0.357 e. The molecule has 0 unspecified atom stereocenters. The summed E-state index contributed by atoms with van der Waals surface area (Å²) in [5, 5.41) is 3.29. The highest BCUT2D eigenvalue weighted by atomic mass is 127. The lowest BCUT2D eigenvalue weighted by Gasteiger charge is -2.25. The molecule has 1 fully saturated rings. The number of likely N-dealkylation sites (N-methyl/N-ethyl adjacent to an activating group) is 2. The molecule has 25 heavy (non-hydrogen) atoms. The van der Waals surface area contributed by atoms with Crippen LogP contribution >= 0.6 is 24.0 Å². The normalized spacial score (nSPS) is 15.0. The molecule has 0 aromatic heterocycles. The van der Waals surface area contributed by atoms with Gasteiger partial charge in [0.25, 0.3) is 0 Å². The Labute approximate surface area is 171 Å². The molecule has 7 heteroatoms. The van der Waals surface area contributed by atoms with Gasteiger partial charge >= 0.3 is 0 Å². The maximum Gasteiger partial charge on any atom is 0.242 e. The molecule has 0 radical (unpaired) electrons. The van der Waals surface area contributed by atoms with Crippen molar-refractivity contribution < 1.29 is 4.79 Å². The number of likely N-dealkylation sites (tertiary alicyclic amines) is 1. The zero-order valence-electron chi connectivity index (χ0n) is 16.6. The number of aliphatic imine (C=N–C) groups is 1. The number of hydrogen-bond acceptors (Lipinski definition) is 3. The van der Waals surface area contributed by atoms with Gasteiger partial charge in [0.2, 0.25) is 5.91 Å². The quantitative estimate of drug-likeness (QED) is 0.232. The Morgan fingerprint density at radius 3 is 2.32 bits per heavy atom. The first-order chi connectivity index (χ1) is 11.6. The lowest BCUT2D eigenvalue weighted by Crippen LogP contribution is -2.45. The highest BCUT2D eigenvalue weighted by Gasteiger charge is 2.15. The average Bonchev–Trinajstić information content (AvgIpc) is 3.08. The van der Waals surface area contributed by atoms with Crippen LogP contribution in [0.25, 0.3) is 0 Å². The van der Waals surface area contributed by atoms with Crippen molar-refractivity contribution in [2.24, 2.45) is 4.99 Å². The summed E-state index contributed by atoms with van der Waals surface area (Å²) >= 11 is 0. The van der Waals surface area contributed by atoms with Crippen molar-refractivity contribution in [2.45, 2.75) is 46.5 Å². The first-order valence-electron chi connectivity index (χ1n) is 9.61. The Morgan fingerprint density at radius 1 is 1.12 bits per heavy atom. The van der Waals surface area contributed by atoms with E-state index in [1.165, 1.54) is 38.9 Å². The van der Waals surface area contributed by atoms with Crippen LogP contribution in [0.5, 0.6) is 0 Å². The number of nitrogens with one attached hydrogen (secondary N) is 1. The zero-order valence-corrected chi connectivity index (χ0v) is 18.9. The summed E-state index contributed by atoms with van der Waals surface area (Å²) in [5.74, 6) is 0.987. The van der Waals surface area contributed by atoms with Crippen LogP contribution < -0.4 is 5.32 Å². The Balaban J connectivity index is 0.00000576. The van der Waals surface area contributed by atoms with Crippen LogP contribution in [-0.2, 0) is 4.79 Å². The van der Waals surface area contributed by atoms with Gasteiger partial charge in [0.15, 0.2) is 5.96 Å². The van der Waals surface area contributed by atoms with Gasteiger partial charge in [0.1, 0.15) is 0 Å². The molecule has 148 valence electrons. The predicted octanol–water partition coefficient (Wildman–Crippen LogP) is 2.25. The molecule has 0 aromatic rings. The summed E-state index contributed by atoms with van der Waals surface area (Å²) in [6.45, 7) is 13.3. The van der Waals surface area contributed by atoms with E-state index in [0.29, 0.717) is 6.54 Å². The van der Waals surface area contributed by atoms with Crippen LogP contribution in [0.2, 0.25) is 0 Å². The van der Waals surface area contributed by atoms with Crippen LogP contribution in [0.4, 0.5) is 0 Å². The van der Waals surface area contributed by atoms with Crippen molar-refractivity contribution >= 4 is 35.8 Å². The molecule has 1 saturated heterocycles. The average molecular weight is 467 g/mol. The van der Waals surface area contributed by atoms with Gasteiger partial charge in [0.05, 0.1) is 6.54 Å². The minimum absolute atomic E-state index is 0. The molecule has 1 amide bonds. The van der Waals surface area contributed by atoms with Gasteiger partial charge in [-0.05, 0) is 66.1 Å². The number of carbonyl (C=O) groups is 1. The fraction of sp³-hybridized carbons (Fsp3) is 0.889. The van der Waals surface area contributed by atoms with Gasteiger partial charge in [-0.2, -0.15) is 0 Å². The Hall–Kier alpha value is -0.570. The zero-order chi connectivity index (χ0) is 17.8. The molecule has 1 aliphatic heterocycles. The maximum absolute atomic E-state index is 12.2. The van der Waals surface area contributed by atoms with Crippen molar-refractivity contribution in [2.75, 3.05) is 59.4 Å². The van der Waals surface area contributed by atoms with Gasteiger partial charge in [-0.25, -0.2) is 0 Å². The van der Waals surface area contributed by atoms with E-state index in [1.54, 1.807) is 0 Å². The van der Waals surface area contributed by atoms with E-state index < -0.39 is 0 Å². The number of rotatable bonds is 10. The number of nitrogens with zero attached hydrogens (tertiary/aromatic N) is 4. The minimum atomic E-state index is 0. The van der Waals surface area contributed by atoms with Crippen molar-refractivity contribution in [3.8, 4) is 0 Å². The van der Waals surface area contributed by atoms with E-state index in [0.717, 1.165) is 38.6 Å². The number of halogens is 1. The second kappa shape index (κ2) is 14.6. The number of amides is 1.